The molecule has 1 atom stereocenters. The second-order valence-corrected chi connectivity index (χ2v) is 5.90. The van der Waals surface area contributed by atoms with E-state index in [0.717, 1.165) is 12.5 Å². The van der Waals surface area contributed by atoms with Crippen LogP contribution in [0, 0.1) is 16.7 Å². The van der Waals surface area contributed by atoms with Crippen LogP contribution >= 0.6 is 0 Å². The third-order valence-corrected chi connectivity index (χ3v) is 4.64. The lowest BCUT2D eigenvalue weighted by Crippen LogP contribution is -2.51. The molecule has 3 fully saturated rings. The molecule has 16 heavy (non-hydrogen) atoms. The lowest BCUT2D eigenvalue weighted by atomic mass is 10.0. The zero-order valence-corrected chi connectivity index (χ0v) is 9.99. The van der Waals surface area contributed by atoms with Crippen LogP contribution in [0.25, 0.3) is 0 Å². The Balaban J connectivity index is 1.55. The quantitative estimate of drug-likeness (QED) is 0.720. The molecule has 2 heterocycles. The maximum atomic E-state index is 8.84. The van der Waals surface area contributed by atoms with Crippen LogP contribution in [0.1, 0.15) is 32.1 Å². The summed E-state index contributed by atoms with van der Waals surface area (Å²) in [6, 6.07) is 3.19. The van der Waals surface area contributed by atoms with Gasteiger partial charge in [-0.25, -0.2) is 0 Å². The molecule has 0 aromatic carbocycles. The van der Waals surface area contributed by atoms with Gasteiger partial charge in [0.05, 0.1) is 6.07 Å². The number of hydrogen-bond acceptors (Lipinski definition) is 3. The van der Waals surface area contributed by atoms with E-state index >= 15 is 0 Å². The van der Waals surface area contributed by atoms with E-state index in [1.54, 1.807) is 0 Å². The molecule has 0 N–H and O–H groups in total. The lowest BCUT2D eigenvalue weighted by Gasteiger charge is -2.38. The first-order valence-corrected chi connectivity index (χ1v) is 6.65. The summed E-state index contributed by atoms with van der Waals surface area (Å²) in [6.45, 7) is 6.25. The second-order valence-electron chi connectivity index (χ2n) is 5.90. The van der Waals surface area contributed by atoms with Gasteiger partial charge in [0, 0.05) is 38.6 Å². The second kappa shape index (κ2) is 4.01. The molecule has 0 aromatic heterocycles. The molecular weight excluding hydrogens is 198 g/mol. The maximum Gasteiger partial charge on any atom is 0.0628 e. The van der Waals surface area contributed by atoms with Gasteiger partial charge in [0.15, 0.2) is 0 Å². The Labute approximate surface area is 98.0 Å². The van der Waals surface area contributed by atoms with Crippen LogP contribution < -0.4 is 0 Å². The van der Waals surface area contributed by atoms with Crippen molar-refractivity contribution in [3.8, 4) is 6.07 Å². The van der Waals surface area contributed by atoms with Crippen molar-refractivity contribution in [2.45, 2.75) is 38.1 Å². The normalized spacial score (nSPS) is 33.3. The van der Waals surface area contributed by atoms with Crippen molar-refractivity contribution in [2.24, 2.45) is 5.41 Å². The van der Waals surface area contributed by atoms with E-state index in [4.69, 9.17) is 5.26 Å². The number of nitriles is 1. The predicted molar refractivity (Wildman–Crippen MR) is 62.9 cm³/mol. The SMILES string of the molecule is N#CCC1(CN2CCN3CCCC3C2)CC1. The highest BCUT2D eigenvalue weighted by molar-refractivity contribution is 5.02. The van der Waals surface area contributed by atoms with Gasteiger partial charge in [0.25, 0.3) is 0 Å². The van der Waals surface area contributed by atoms with E-state index in [-0.39, 0.29) is 0 Å². The standard InChI is InChI=1S/C13H21N3/c14-6-5-13(3-4-13)11-15-8-9-16-7-1-2-12(16)10-15/h12H,1-5,7-11H2. The predicted octanol–water partition coefficient (Wildman–Crippen LogP) is 1.46. The average molecular weight is 219 g/mol. The van der Waals surface area contributed by atoms with Crippen LogP contribution in [0.4, 0.5) is 0 Å². The van der Waals surface area contributed by atoms with E-state index in [1.807, 2.05) is 0 Å². The average Bonchev–Trinajstić information content (AvgIpc) is 2.87. The Bertz CT molecular complexity index is 303. The molecule has 3 rings (SSSR count). The van der Waals surface area contributed by atoms with Gasteiger partial charge in [-0.2, -0.15) is 5.26 Å². The van der Waals surface area contributed by atoms with Crippen molar-refractivity contribution >= 4 is 0 Å². The number of hydrogen-bond donors (Lipinski definition) is 0. The van der Waals surface area contributed by atoms with Gasteiger partial charge in [0.1, 0.15) is 0 Å². The van der Waals surface area contributed by atoms with Gasteiger partial charge >= 0.3 is 0 Å². The smallest absolute Gasteiger partial charge is 0.0628 e. The fourth-order valence-corrected chi connectivity index (χ4v) is 3.41. The topological polar surface area (TPSA) is 30.3 Å². The number of piperazine rings is 1. The third-order valence-electron chi connectivity index (χ3n) is 4.64. The van der Waals surface area contributed by atoms with Gasteiger partial charge < -0.3 is 0 Å². The van der Waals surface area contributed by atoms with E-state index < -0.39 is 0 Å². The van der Waals surface area contributed by atoms with Crippen molar-refractivity contribution < 1.29 is 0 Å². The van der Waals surface area contributed by atoms with Gasteiger partial charge in [-0.05, 0) is 37.6 Å². The van der Waals surface area contributed by atoms with E-state index in [0.29, 0.717) is 5.41 Å². The molecule has 3 nitrogen and oxygen atoms in total. The highest BCUT2D eigenvalue weighted by Gasteiger charge is 2.44. The number of fused-ring (bicyclic) bond motifs is 1. The molecule has 0 amide bonds. The summed E-state index contributed by atoms with van der Waals surface area (Å²) in [5.41, 5.74) is 0.398. The van der Waals surface area contributed by atoms with Crippen LogP contribution in [-0.4, -0.2) is 48.6 Å². The summed E-state index contributed by atoms with van der Waals surface area (Å²) >= 11 is 0. The largest absolute Gasteiger partial charge is 0.300 e. The summed E-state index contributed by atoms with van der Waals surface area (Å²) < 4.78 is 0. The van der Waals surface area contributed by atoms with Gasteiger partial charge in [-0.3, -0.25) is 9.80 Å². The maximum absolute atomic E-state index is 8.84. The van der Waals surface area contributed by atoms with E-state index in [9.17, 15) is 0 Å². The molecular formula is C13H21N3. The summed E-state index contributed by atoms with van der Waals surface area (Å²) in [6.07, 6.45) is 6.12. The molecule has 3 heteroatoms. The molecule has 2 aliphatic heterocycles. The monoisotopic (exact) mass is 219 g/mol. The van der Waals surface area contributed by atoms with Crippen molar-refractivity contribution in [3.05, 3.63) is 0 Å². The highest BCUT2D eigenvalue weighted by Crippen LogP contribution is 2.49. The van der Waals surface area contributed by atoms with E-state index in [2.05, 4.69) is 15.9 Å². The molecule has 0 radical (unpaired) electrons. The lowest BCUT2D eigenvalue weighted by molar-refractivity contribution is 0.0884. The summed E-state index contributed by atoms with van der Waals surface area (Å²) in [5.74, 6) is 0. The first-order chi connectivity index (χ1) is 7.81. The van der Waals surface area contributed by atoms with Crippen LogP contribution in [0.5, 0.6) is 0 Å². The molecule has 0 spiro atoms. The minimum atomic E-state index is 0.398. The molecule has 2 saturated heterocycles. The van der Waals surface area contributed by atoms with Crippen LogP contribution in [0.2, 0.25) is 0 Å². The minimum absolute atomic E-state index is 0.398. The zero-order chi connectivity index (χ0) is 11.0. The fraction of sp³-hybridized carbons (Fsp3) is 0.923. The van der Waals surface area contributed by atoms with Gasteiger partial charge in [-0.1, -0.05) is 0 Å². The zero-order valence-electron chi connectivity index (χ0n) is 9.99. The Hall–Kier alpha value is -0.590. The van der Waals surface area contributed by atoms with Crippen molar-refractivity contribution in [3.63, 3.8) is 0 Å². The minimum Gasteiger partial charge on any atom is -0.300 e. The summed E-state index contributed by atoms with van der Waals surface area (Å²) in [7, 11) is 0. The Kier molecular flexibility index (Phi) is 2.65. The molecule has 1 unspecified atom stereocenters. The van der Waals surface area contributed by atoms with Crippen molar-refractivity contribution in [1.29, 1.82) is 5.26 Å². The van der Waals surface area contributed by atoms with E-state index in [1.165, 1.54) is 58.4 Å². The van der Waals surface area contributed by atoms with Crippen LogP contribution in [-0.2, 0) is 0 Å². The van der Waals surface area contributed by atoms with Crippen molar-refractivity contribution in [1.82, 2.24) is 9.80 Å². The Morgan fingerprint density at radius 3 is 2.88 bits per heavy atom. The van der Waals surface area contributed by atoms with Gasteiger partial charge in [0.2, 0.25) is 0 Å². The molecule has 0 aromatic rings. The first kappa shape index (κ1) is 10.6. The van der Waals surface area contributed by atoms with Crippen LogP contribution in [0.3, 0.4) is 0 Å². The molecule has 88 valence electrons. The molecule has 1 aliphatic carbocycles. The Morgan fingerprint density at radius 1 is 1.25 bits per heavy atom. The van der Waals surface area contributed by atoms with Crippen LogP contribution in [0.15, 0.2) is 0 Å². The number of rotatable bonds is 3. The van der Waals surface area contributed by atoms with Crippen molar-refractivity contribution in [2.75, 3.05) is 32.7 Å². The summed E-state index contributed by atoms with van der Waals surface area (Å²) in [5, 5.41) is 8.84. The third kappa shape index (κ3) is 1.97. The molecule has 3 aliphatic rings. The molecule has 1 saturated carbocycles. The summed E-state index contributed by atoms with van der Waals surface area (Å²) in [4.78, 5) is 5.27. The Morgan fingerprint density at radius 2 is 2.12 bits per heavy atom. The molecule has 0 bridgehead atoms. The highest BCUT2D eigenvalue weighted by atomic mass is 15.3. The number of nitrogens with zero attached hydrogens (tertiary/aromatic N) is 3. The fourth-order valence-electron chi connectivity index (χ4n) is 3.41. The van der Waals surface area contributed by atoms with Gasteiger partial charge in [-0.15, -0.1) is 0 Å². The first-order valence-electron chi connectivity index (χ1n) is 6.65.